The van der Waals surface area contributed by atoms with Gasteiger partial charge in [0.2, 0.25) is 5.56 Å². The van der Waals surface area contributed by atoms with Gasteiger partial charge in [-0.05, 0) is 30.3 Å². The Balaban J connectivity index is 0.00000264. The molecule has 0 aliphatic heterocycles. The molecular formula is C15H9Cl2KO5. The minimum Gasteiger partial charge on any atom is -0.545 e. The fraction of sp³-hybridized carbons (Fsp3) is 0.0667. The number of hydrogen-bond donors (Lipinski definition) is 1. The summed E-state index contributed by atoms with van der Waals surface area (Å²) in [5.41, 5.74) is -1.44. The number of aromatic hydroxyl groups is 1. The molecule has 114 valence electrons. The van der Waals surface area contributed by atoms with E-state index in [0.29, 0.717) is 0 Å². The average molecular weight is 379 g/mol. The van der Waals surface area contributed by atoms with Crippen LogP contribution in [0.2, 0.25) is 5.02 Å². The second-order valence-corrected chi connectivity index (χ2v) is 5.04. The molecule has 2 aromatic rings. The minimum atomic E-state index is -1.67. The molecule has 0 amide bonds. The molecule has 0 saturated carbocycles. The zero-order valence-electron chi connectivity index (χ0n) is 12.0. The molecule has 0 radical (unpaired) electrons. The van der Waals surface area contributed by atoms with Crippen LogP contribution in [0.4, 0.5) is 0 Å². The number of phenols is 1. The van der Waals surface area contributed by atoms with Gasteiger partial charge in [0.25, 0.3) is 0 Å². The normalized spacial score (nSPS) is 11.2. The number of aliphatic carboxylic acids is 1. The van der Waals surface area contributed by atoms with Gasteiger partial charge in [-0.2, -0.15) is 0 Å². The number of carbonyl (C=O) groups is 2. The molecule has 0 bridgehead atoms. The minimum absolute atomic E-state index is 0. The van der Waals surface area contributed by atoms with Crippen LogP contribution in [0.25, 0.3) is 0 Å². The summed E-state index contributed by atoms with van der Waals surface area (Å²) in [7, 11) is 0. The van der Waals surface area contributed by atoms with E-state index in [9.17, 15) is 19.8 Å². The predicted molar refractivity (Wildman–Crippen MR) is 78.3 cm³/mol. The van der Waals surface area contributed by atoms with Crippen molar-refractivity contribution in [3.63, 3.8) is 0 Å². The van der Waals surface area contributed by atoms with Gasteiger partial charge >= 0.3 is 51.4 Å². The van der Waals surface area contributed by atoms with Crippen LogP contribution < -0.4 is 61.2 Å². The number of ketones is 1. The van der Waals surface area contributed by atoms with Crippen LogP contribution in [-0.4, -0.2) is 22.4 Å². The van der Waals surface area contributed by atoms with E-state index in [1.807, 2.05) is 0 Å². The first-order chi connectivity index (χ1) is 10.4. The Labute approximate surface area is 184 Å². The van der Waals surface area contributed by atoms with E-state index in [1.165, 1.54) is 30.3 Å². The Bertz CT molecular complexity index is 736. The van der Waals surface area contributed by atoms with E-state index in [-0.39, 0.29) is 79.0 Å². The maximum Gasteiger partial charge on any atom is 1.00 e. The second-order valence-electron chi connectivity index (χ2n) is 4.24. The predicted octanol–water partition coefficient (Wildman–Crippen LogP) is -1.03. The smallest absolute Gasteiger partial charge is 0.545 e. The molecule has 1 unspecified atom stereocenters. The zero-order valence-corrected chi connectivity index (χ0v) is 16.6. The number of alkyl halides is 1. The molecule has 0 heterocycles. The molecule has 1 N–H and O–H groups in total. The van der Waals surface area contributed by atoms with Crippen molar-refractivity contribution >= 4 is 35.0 Å². The number of hydrogen-bond acceptors (Lipinski definition) is 5. The van der Waals surface area contributed by atoms with Gasteiger partial charge in [0, 0.05) is 5.56 Å². The number of para-hydroxylation sites is 1. The van der Waals surface area contributed by atoms with Crippen LogP contribution in [0.1, 0.15) is 15.9 Å². The first-order valence-corrected chi connectivity index (χ1v) is 6.85. The van der Waals surface area contributed by atoms with Crippen molar-refractivity contribution in [3.8, 4) is 11.5 Å². The second kappa shape index (κ2) is 9.03. The molecule has 8 heteroatoms. The van der Waals surface area contributed by atoms with Gasteiger partial charge < -0.3 is 19.7 Å². The van der Waals surface area contributed by atoms with Gasteiger partial charge in [0.1, 0.15) is 11.5 Å². The summed E-state index contributed by atoms with van der Waals surface area (Å²) in [6, 6.07) is 10.00. The fourth-order valence-electron chi connectivity index (χ4n) is 1.73. The molecule has 0 aliphatic rings. The number of benzene rings is 2. The van der Waals surface area contributed by atoms with Crippen LogP contribution in [0, 0.1) is 0 Å². The van der Waals surface area contributed by atoms with Gasteiger partial charge in [-0.15, -0.1) is 0 Å². The first-order valence-electron chi connectivity index (χ1n) is 6.04. The first kappa shape index (κ1) is 20.4. The summed E-state index contributed by atoms with van der Waals surface area (Å²) in [6.07, 6.45) is 0. The SMILES string of the molecule is O=C(c1ccccc1O)c1ccc(OC(Cl)C(=O)[O-])cc1Cl.[K+]. The van der Waals surface area contributed by atoms with Crippen LogP contribution in [-0.2, 0) is 4.79 Å². The van der Waals surface area contributed by atoms with E-state index in [0.717, 1.165) is 0 Å². The average Bonchev–Trinajstić information content (AvgIpc) is 2.47. The summed E-state index contributed by atoms with van der Waals surface area (Å²) in [6.45, 7) is 0. The number of carbonyl (C=O) groups excluding carboxylic acids is 2. The van der Waals surface area contributed by atoms with E-state index in [4.69, 9.17) is 27.9 Å². The topological polar surface area (TPSA) is 86.7 Å². The van der Waals surface area contributed by atoms with Crippen molar-refractivity contribution in [2.45, 2.75) is 5.56 Å². The number of carboxylic acids is 1. The molecule has 0 saturated heterocycles. The Morgan fingerprint density at radius 3 is 2.35 bits per heavy atom. The molecule has 2 rings (SSSR count). The molecular weight excluding hydrogens is 370 g/mol. The maximum absolute atomic E-state index is 12.3. The van der Waals surface area contributed by atoms with Crippen LogP contribution in [0.5, 0.6) is 11.5 Å². The van der Waals surface area contributed by atoms with Gasteiger partial charge in [0.15, 0.2) is 5.78 Å². The quantitative estimate of drug-likeness (QED) is 0.408. The Morgan fingerprint density at radius 2 is 1.78 bits per heavy atom. The molecule has 0 aromatic heterocycles. The molecule has 1 atom stereocenters. The molecule has 0 spiro atoms. The van der Waals surface area contributed by atoms with Gasteiger partial charge in [0.05, 0.1) is 16.6 Å². The largest absolute Gasteiger partial charge is 1.00 e. The summed E-state index contributed by atoms with van der Waals surface area (Å²) in [4.78, 5) is 22.8. The van der Waals surface area contributed by atoms with E-state index in [2.05, 4.69) is 0 Å². The fourth-order valence-corrected chi connectivity index (χ4v) is 2.09. The number of ether oxygens (including phenoxy) is 1. The van der Waals surface area contributed by atoms with Crippen molar-refractivity contribution in [2.24, 2.45) is 0 Å². The van der Waals surface area contributed by atoms with Crippen molar-refractivity contribution in [2.75, 3.05) is 0 Å². The van der Waals surface area contributed by atoms with Gasteiger partial charge in [-0.25, -0.2) is 0 Å². The molecule has 23 heavy (non-hydrogen) atoms. The Hall–Kier alpha value is -0.604. The zero-order chi connectivity index (χ0) is 16.3. The number of phenolic OH excluding ortho intramolecular Hbond substituents is 1. The third-order valence-corrected chi connectivity index (χ3v) is 3.34. The third kappa shape index (κ3) is 5.19. The van der Waals surface area contributed by atoms with Gasteiger partial charge in [-0.3, -0.25) is 4.79 Å². The summed E-state index contributed by atoms with van der Waals surface area (Å²) >= 11 is 11.4. The molecule has 0 aliphatic carbocycles. The summed E-state index contributed by atoms with van der Waals surface area (Å²) in [5.74, 6) is -2.16. The number of rotatable bonds is 5. The van der Waals surface area contributed by atoms with Crippen LogP contribution >= 0.6 is 23.2 Å². The van der Waals surface area contributed by atoms with Gasteiger partial charge in [-0.1, -0.05) is 35.3 Å². The summed E-state index contributed by atoms with van der Waals surface area (Å²) < 4.78 is 4.88. The van der Waals surface area contributed by atoms with Crippen LogP contribution in [0.15, 0.2) is 42.5 Å². The van der Waals surface area contributed by atoms with E-state index in [1.54, 1.807) is 12.1 Å². The van der Waals surface area contributed by atoms with Crippen molar-refractivity contribution < 1.29 is 75.9 Å². The van der Waals surface area contributed by atoms with E-state index >= 15 is 0 Å². The van der Waals surface area contributed by atoms with Crippen molar-refractivity contribution in [1.29, 1.82) is 0 Å². The van der Waals surface area contributed by atoms with E-state index < -0.39 is 17.3 Å². The molecule has 2 aromatic carbocycles. The van der Waals surface area contributed by atoms with Crippen molar-refractivity contribution in [1.82, 2.24) is 0 Å². The third-order valence-electron chi connectivity index (χ3n) is 2.76. The molecule has 5 nitrogen and oxygen atoms in total. The maximum atomic E-state index is 12.3. The summed E-state index contributed by atoms with van der Waals surface area (Å²) in [5, 5.41) is 20.2. The standard InChI is InChI=1S/C15H10Cl2O5.K/c16-11-7-8(22-14(17)15(20)21)5-6-9(11)13(19)10-3-1-2-4-12(10)18;/h1-7,14,18H,(H,20,21);/q;+1/p-1. The monoisotopic (exact) mass is 378 g/mol. The Morgan fingerprint density at radius 1 is 1.13 bits per heavy atom. The van der Waals surface area contributed by atoms with Crippen LogP contribution in [0.3, 0.4) is 0 Å². The number of halogens is 2. The molecule has 0 fully saturated rings. The Kier molecular flexibility index (Phi) is 8.03. The number of carboxylic acid groups (broad SMARTS) is 1. The van der Waals surface area contributed by atoms with Crippen molar-refractivity contribution in [3.05, 3.63) is 58.6 Å².